The van der Waals surface area contributed by atoms with Crippen molar-refractivity contribution in [1.29, 1.82) is 0 Å². The zero-order valence-electron chi connectivity index (χ0n) is 16.9. The van der Waals surface area contributed by atoms with Crippen molar-refractivity contribution >= 4 is 86.4 Å². The standard InChI is InChI=1S/C14H20B6N4O3/c1-3-22-8-5(16)2-4(15)7(21)6(8)11(26)24(3)9-10(25)23-12(27)14(19,20)13(9,17)18/h2,9H,15-21H2,1H3,(H,23,25,27). The Morgan fingerprint density at radius 1 is 1.15 bits per heavy atom. The molecule has 0 saturated carbocycles. The maximum Gasteiger partial charge on any atom is 0.264 e. The fraction of sp³-hybridized carbons (Fsp3) is 0.286. The third-order valence-corrected chi connectivity index (χ3v) is 6.40. The van der Waals surface area contributed by atoms with E-state index in [1.807, 2.05) is 37.5 Å². The Hall–Kier alpha value is -2.31. The molecule has 1 aromatic carbocycles. The molecule has 0 bridgehead atoms. The molecule has 13 heteroatoms. The minimum absolute atomic E-state index is 0.316. The molecular formula is C14H20B6N4O3. The smallest absolute Gasteiger partial charge is 0.264 e. The fourth-order valence-electron chi connectivity index (χ4n) is 3.88. The molecule has 1 fully saturated rings. The molecule has 2 amide bonds. The molecule has 27 heavy (non-hydrogen) atoms. The molecule has 1 saturated heterocycles. The Balaban J connectivity index is 2.41. The number of carbonyl (C=O) groups is 2. The molecule has 1 aliphatic rings. The van der Waals surface area contributed by atoms with Gasteiger partial charge >= 0.3 is 0 Å². The van der Waals surface area contributed by atoms with Crippen LogP contribution in [0.1, 0.15) is 11.9 Å². The quantitative estimate of drug-likeness (QED) is 0.300. The third-order valence-electron chi connectivity index (χ3n) is 6.40. The van der Waals surface area contributed by atoms with Crippen molar-refractivity contribution in [3.8, 4) is 0 Å². The minimum atomic E-state index is -0.880. The number of rotatable bonds is 1. The Kier molecular flexibility index (Phi) is 4.21. The second-order valence-corrected chi connectivity index (χ2v) is 8.55. The van der Waals surface area contributed by atoms with E-state index in [0.29, 0.717) is 22.4 Å². The molecule has 0 aliphatic carbocycles. The van der Waals surface area contributed by atoms with Crippen molar-refractivity contribution in [2.45, 2.75) is 23.4 Å². The van der Waals surface area contributed by atoms with Crippen LogP contribution in [0.15, 0.2) is 10.9 Å². The van der Waals surface area contributed by atoms with Gasteiger partial charge in [0.05, 0.1) is 10.9 Å². The first-order valence-electron chi connectivity index (χ1n) is 8.96. The van der Waals surface area contributed by atoms with E-state index >= 15 is 0 Å². The number of nitrogens with one attached hydrogen (secondary N) is 1. The van der Waals surface area contributed by atoms with E-state index in [-0.39, 0.29) is 11.5 Å². The number of hydrogen-bond donors (Lipinski definition) is 2. The van der Waals surface area contributed by atoms with Crippen molar-refractivity contribution < 1.29 is 9.59 Å². The number of aromatic nitrogens is 2. The highest BCUT2D eigenvalue weighted by molar-refractivity contribution is 6.63. The van der Waals surface area contributed by atoms with Gasteiger partial charge in [-0.15, -0.1) is 0 Å². The maximum absolute atomic E-state index is 13.5. The lowest BCUT2D eigenvalue weighted by Gasteiger charge is -2.50. The Labute approximate surface area is 162 Å². The normalized spacial score (nSPS) is 21.1. The van der Waals surface area contributed by atoms with Crippen LogP contribution in [-0.2, 0) is 9.59 Å². The summed E-state index contributed by atoms with van der Waals surface area (Å²) in [5.74, 6) is -0.435. The number of aryl methyl sites for hydroxylation is 1. The summed E-state index contributed by atoms with van der Waals surface area (Å²) in [6, 6.07) is 1.02. The van der Waals surface area contributed by atoms with Crippen LogP contribution in [-0.4, -0.2) is 68.4 Å². The summed E-state index contributed by atoms with van der Waals surface area (Å²) >= 11 is 0. The number of amides is 2. The summed E-state index contributed by atoms with van der Waals surface area (Å²) in [5, 5.41) is 1.06. The molecule has 3 rings (SSSR count). The number of hydrogen-bond acceptors (Lipinski definition) is 5. The Morgan fingerprint density at radius 2 is 1.74 bits per heavy atom. The van der Waals surface area contributed by atoms with E-state index in [1.54, 1.807) is 22.6 Å². The number of carbonyl (C=O) groups excluding carboxylic acids is 2. The lowest BCUT2D eigenvalue weighted by Crippen LogP contribution is -2.61. The van der Waals surface area contributed by atoms with Crippen molar-refractivity contribution in [3.05, 3.63) is 22.2 Å². The summed E-state index contributed by atoms with van der Waals surface area (Å²) in [5.41, 5.74) is 8.40. The summed E-state index contributed by atoms with van der Waals surface area (Å²) in [7, 11) is 10.9. The first-order chi connectivity index (χ1) is 12.3. The molecule has 1 aliphatic heterocycles. The summed E-state index contributed by atoms with van der Waals surface area (Å²) in [6.07, 6.45) is 0. The van der Waals surface area contributed by atoms with E-state index in [4.69, 9.17) is 5.73 Å². The average molecular weight is 357 g/mol. The SMILES string of the molecule is Bc1cc(B)c2nc(C)n(C3C(=O)NC(=O)C(B)(B)C3(B)B)c(=O)c2c1N. The number of imide groups is 1. The number of piperidine rings is 1. The zero-order chi connectivity index (χ0) is 20.5. The van der Waals surface area contributed by atoms with Crippen LogP contribution in [0, 0.1) is 6.92 Å². The van der Waals surface area contributed by atoms with Crippen LogP contribution in [0.5, 0.6) is 0 Å². The largest absolute Gasteiger partial charge is 0.398 e. The van der Waals surface area contributed by atoms with Crippen molar-refractivity contribution in [2.24, 2.45) is 0 Å². The van der Waals surface area contributed by atoms with Gasteiger partial charge in [0.1, 0.15) is 58.9 Å². The van der Waals surface area contributed by atoms with E-state index in [9.17, 15) is 14.4 Å². The second-order valence-electron chi connectivity index (χ2n) is 8.55. The zero-order valence-corrected chi connectivity index (χ0v) is 16.9. The van der Waals surface area contributed by atoms with Gasteiger partial charge in [0, 0.05) is 5.69 Å². The fourth-order valence-corrected chi connectivity index (χ4v) is 3.88. The molecule has 3 N–H and O–H groups in total. The van der Waals surface area contributed by atoms with Gasteiger partial charge in [0.2, 0.25) is 11.8 Å². The highest BCUT2D eigenvalue weighted by atomic mass is 16.2. The van der Waals surface area contributed by atoms with Crippen LogP contribution in [0.3, 0.4) is 0 Å². The first-order valence-corrected chi connectivity index (χ1v) is 8.96. The highest BCUT2D eigenvalue weighted by Crippen LogP contribution is 2.52. The highest BCUT2D eigenvalue weighted by Gasteiger charge is 2.55. The topological polar surface area (TPSA) is 107 Å². The van der Waals surface area contributed by atoms with Gasteiger partial charge in [0.15, 0.2) is 0 Å². The van der Waals surface area contributed by atoms with Crippen molar-refractivity contribution in [1.82, 2.24) is 14.9 Å². The van der Waals surface area contributed by atoms with Crippen LogP contribution >= 0.6 is 0 Å². The van der Waals surface area contributed by atoms with E-state index in [0.717, 1.165) is 10.9 Å². The molecule has 1 aromatic heterocycles. The molecule has 7 nitrogen and oxygen atoms in total. The summed E-state index contributed by atoms with van der Waals surface area (Å²) in [4.78, 5) is 43.3. The number of anilines is 1. The van der Waals surface area contributed by atoms with Crippen LogP contribution in [0.4, 0.5) is 5.69 Å². The van der Waals surface area contributed by atoms with Crippen LogP contribution in [0.2, 0.25) is 10.4 Å². The number of benzene rings is 1. The molecule has 1 unspecified atom stereocenters. The lowest BCUT2D eigenvalue weighted by molar-refractivity contribution is -0.137. The van der Waals surface area contributed by atoms with Crippen molar-refractivity contribution in [3.63, 3.8) is 0 Å². The summed E-state index contributed by atoms with van der Waals surface area (Å²) < 4.78 is 1.39. The molecular weight excluding hydrogens is 337 g/mol. The molecule has 1 atom stereocenters. The molecule has 2 heterocycles. The molecule has 0 spiro atoms. The number of nitrogens with two attached hydrogens (primary N) is 1. The Bertz CT molecular complexity index is 1080. The second kappa shape index (κ2) is 5.84. The minimum Gasteiger partial charge on any atom is -0.398 e. The van der Waals surface area contributed by atoms with Crippen LogP contribution in [0.25, 0.3) is 10.9 Å². The average Bonchev–Trinajstić information content (AvgIpc) is 2.54. The molecule has 0 radical (unpaired) electrons. The predicted molar refractivity (Wildman–Crippen MR) is 123 cm³/mol. The van der Waals surface area contributed by atoms with E-state index < -0.39 is 22.4 Å². The van der Waals surface area contributed by atoms with Gasteiger partial charge in [0.25, 0.3) is 5.56 Å². The number of nitrogens with zero attached hydrogens (tertiary/aromatic N) is 2. The monoisotopic (exact) mass is 358 g/mol. The van der Waals surface area contributed by atoms with Gasteiger partial charge in [-0.2, -0.15) is 0 Å². The van der Waals surface area contributed by atoms with Crippen molar-refractivity contribution in [2.75, 3.05) is 5.73 Å². The number of nitrogen functional groups attached to an aromatic ring is 1. The van der Waals surface area contributed by atoms with E-state index in [1.165, 1.54) is 4.57 Å². The predicted octanol–water partition coefficient (Wildman–Crippen LogP) is -7.23. The van der Waals surface area contributed by atoms with Crippen LogP contribution < -0.4 is 27.5 Å². The van der Waals surface area contributed by atoms with E-state index in [2.05, 4.69) is 10.3 Å². The lowest BCUT2D eigenvalue weighted by atomic mass is 9.26. The van der Waals surface area contributed by atoms with Gasteiger partial charge in [-0.25, -0.2) is 4.98 Å². The first kappa shape index (κ1) is 19.5. The van der Waals surface area contributed by atoms with Gasteiger partial charge in [-0.1, -0.05) is 22.2 Å². The Morgan fingerprint density at radius 3 is 2.33 bits per heavy atom. The van der Waals surface area contributed by atoms with Gasteiger partial charge in [-0.3, -0.25) is 24.3 Å². The third kappa shape index (κ3) is 2.51. The molecule has 132 valence electrons. The molecule has 2 aromatic rings. The van der Waals surface area contributed by atoms with Gasteiger partial charge in [-0.05, 0) is 12.1 Å². The summed E-state index contributed by atoms with van der Waals surface area (Å²) in [6.45, 7) is 1.70. The number of fused-ring (bicyclic) bond motifs is 1. The maximum atomic E-state index is 13.5. The van der Waals surface area contributed by atoms with Gasteiger partial charge < -0.3 is 5.73 Å².